The number of aryl methyl sites for hydroxylation is 1. The molecule has 0 bridgehead atoms. The van der Waals surface area contributed by atoms with E-state index in [4.69, 9.17) is 9.15 Å². The molecule has 27 heavy (non-hydrogen) atoms. The molecule has 6 nitrogen and oxygen atoms in total. The van der Waals surface area contributed by atoms with Crippen LogP contribution in [-0.2, 0) is 0 Å². The molecule has 138 valence electrons. The van der Waals surface area contributed by atoms with Crippen molar-refractivity contribution in [1.82, 2.24) is 5.32 Å². The molecule has 0 fully saturated rings. The van der Waals surface area contributed by atoms with Crippen LogP contribution < -0.4 is 15.7 Å². The van der Waals surface area contributed by atoms with Gasteiger partial charge in [-0.1, -0.05) is 18.2 Å². The average molecular weight is 365 g/mol. The smallest absolute Gasteiger partial charge is 0.349 e. The summed E-state index contributed by atoms with van der Waals surface area (Å²) >= 11 is 0. The summed E-state index contributed by atoms with van der Waals surface area (Å²) < 4.78 is 10.6. The van der Waals surface area contributed by atoms with E-state index in [-0.39, 0.29) is 22.9 Å². The third kappa shape index (κ3) is 4.06. The highest BCUT2D eigenvalue weighted by Gasteiger charge is 2.16. The van der Waals surface area contributed by atoms with Crippen molar-refractivity contribution in [2.45, 2.75) is 26.8 Å². The molecule has 1 amide bonds. The minimum absolute atomic E-state index is 0.0687. The Bertz CT molecular complexity index is 1080. The van der Waals surface area contributed by atoms with Crippen LogP contribution in [0.1, 0.15) is 40.1 Å². The van der Waals surface area contributed by atoms with Gasteiger partial charge in [0.25, 0.3) is 5.91 Å². The highest BCUT2D eigenvalue weighted by Crippen LogP contribution is 2.22. The molecule has 3 aromatic rings. The van der Waals surface area contributed by atoms with Gasteiger partial charge in [0, 0.05) is 17.5 Å². The Hall–Kier alpha value is -3.41. The first-order chi connectivity index (χ1) is 12.8. The molecule has 0 saturated heterocycles. The van der Waals surface area contributed by atoms with Crippen LogP contribution in [-0.4, -0.2) is 17.9 Å². The van der Waals surface area contributed by atoms with E-state index in [0.29, 0.717) is 10.9 Å². The lowest BCUT2D eigenvalue weighted by atomic mass is 10.1. The number of fused-ring (bicyclic) bond motifs is 1. The van der Waals surface area contributed by atoms with Crippen LogP contribution in [0.15, 0.2) is 57.7 Å². The number of hydrogen-bond donors (Lipinski definition) is 1. The van der Waals surface area contributed by atoms with Crippen LogP contribution in [0.2, 0.25) is 0 Å². The van der Waals surface area contributed by atoms with E-state index in [1.807, 2.05) is 19.1 Å². The summed E-state index contributed by atoms with van der Waals surface area (Å²) in [6.45, 7) is 5.42. The minimum Gasteiger partial charge on any atom is -0.423 e. The Morgan fingerprint density at radius 2 is 1.78 bits per heavy atom. The largest absolute Gasteiger partial charge is 0.423 e. The van der Waals surface area contributed by atoms with Gasteiger partial charge in [-0.05, 0) is 50.6 Å². The molecule has 0 aliphatic rings. The van der Waals surface area contributed by atoms with Gasteiger partial charge >= 0.3 is 11.6 Å². The van der Waals surface area contributed by atoms with E-state index >= 15 is 0 Å². The quantitative estimate of drug-likeness (QED) is 0.435. The van der Waals surface area contributed by atoms with Crippen molar-refractivity contribution < 1.29 is 18.7 Å². The fourth-order valence-corrected chi connectivity index (χ4v) is 2.62. The standard InChI is InChI=1S/C21H19NO5/c1-12(2)22-19(23)17-10-14-8-9-15(11-18(14)27-21(17)25)26-20(24)16-7-5-4-6-13(16)3/h4-12H,1-3H3,(H,22,23). The van der Waals surface area contributed by atoms with E-state index in [2.05, 4.69) is 5.32 Å². The van der Waals surface area contributed by atoms with Crippen LogP contribution >= 0.6 is 0 Å². The van der Waals surface area contributed by atoms with Crippen molar-refractivity contribution in [3.8, 4) is 5.75 Å². The number of hydrogen-bond acceptors (Lipinski definition) is 5. The Morgan fingerprint density at radius 1 is 1.04 bits per heavy atom. The van der Waals surface area contributed by atoms with E-state index < -0.39 is 17.5 Å². The molecule has 1 heterocycles. The number of benzene rings is 2. The van der Waals surface area contributed by atoms with E-state index in [0.717, 1.165) is 5.56 Å². The van der Waals surface area contributed by atoms with Gasteiger partial charge in [0.05, 0.1) is 5.56 Å². The number of carbonyl (C=O) groups is 2. The van der Waals surface area contributed by atoms with Crippen molar-refractivity contribution >= 4 is 22.8 Å². The number of amides is 1. The van der Waals surface area contributed by atoms with Gasteiger partial charge in [-0.3, -0.25) is 4.79 Å². The SMILES string of the molecule is Cc1ccccc1C(=O)Oc1ccc2cc(C(=O)NC(C)C)c(=O)oc2c1. The second-order valence-corrected chi connectivity index (χ2v) is 6.48. The van der Waals surface area contributed by atoms with Gasteiger partial charge in [0.1, 0.15) is 16.9 Å². The van der Waals surface area contributed by atoms with Gasteiger partial charge in [-0.25, -0.2) is 9.59 Å². The Kier molecular flexibility index (Phi) is 5.07. The molecular formula is C21H19NO5. The van der Waals surface area contributed by atoms with Crippen molar-refractivity contribution in [2.24, 2.45) is 0 Å². The average Bonchev–Trinajstić information content (AvgIpc) is 2.60. The Morgan fingerprint density at radius 3 is 2.48 bits per heavy atom. The van der Waals surface area contributed by atoms with Crippen LogP contribution in [0, 0.1) is 6.92 Å². The van der Waals surface area contributed by atoms with Crippen LogP contribution in [0.3, 0.4) is 0 Å². The maximum atomic E-state index is 12.3. The molecule has 1 aromatic heterocycles. The van der Waals surface area contributed by atoms with Crippen molar-refractivity contribution in [1.29, 1.82) is 0 Å². The fraction of sp³-hybridized carbons (Fsp3) is 0.190. The fourth-order valence-electron chi connectivity index (χ4n) is 2.62. The molecule has 0 unspecified atom stereocenters. The summed E-state index contributed by atoms with van der Waals surface area (Å²) in [5.74, 6) is -0.739. The van der Waals surface area contributed by atoms with Gasteiger partial charge in [-0.2, -0.15) is 0 Å². The third-order valence-corrected chi connectivity index (χ3v) is 3.95. The highest BCUT2D eigenvalue weighted by molar-refractivity contribution is 5.97. The minimum atomic E-state index is -0.747. The second kappa shape index (κ2) is 7.45. The lowest BCUT2D eigenvalue weighted by molar-refractivity contribution is 0.0734. The molecule has 0 aliphatic carbocycles. The van der Waals surface area contributed by atoms with Gasteiger partial charge < -0.3 is 14.5 Å². The maximum absolute atomic E-state index is 12.3. The maximum Gasteiger partial charge on any atom is 0.349 e. The zero-order chi connectivity index (χ0) is 19.6. The monoisotopic (exact) mass is 365 g/mol. The molecule has 6 heteroatoms. The van der Waals surface area contributed by atoms with Crippen molar-refractivity contribution in [3.05, 3.63) is 75.6 Å². The molecule has 0 spiro atoms. The first kappa shape index (κ1) is 18.4. The Balaban J connectivity index is 1.90. The summed E-state index contributed by atoms with van der Waals surface area (Å²) in [5, 5.41) is 3.21. The number of ether oxygens (including phenoxy) is 1. The molecule has 0 atom stereocenters. The molecule has 0 saturated carbocycles. The summed E-state index contributed by atoms with van der Waals surface area (Å²) in [5.41, 5.74) is 0.676. The molecule has 3 rings (SSSR count). The molecule has 2 aromatic carbocycles. The van der Waals surface area contributed by atoms with Gasteiger partial charge in [-0.15, -0.1) is 0 Å². The second-order valence-electron chi connectivity index (χ2n) is 6.48. The Labute approximate surface area is 155 Å². The normalized spacial score (nSPS) is 10.8. The van der Waals surface area contributed by atoms with Crippen LogP contribution in [0.5, 0.6) is 5.75 Å². The van der Waals surface area contributed by atoms with E-state index in [9.17, 15) is 14.4 Å². The highest BCUT2D eigenvalue weighted by atomic mass is 16.5. The van der Waals surface area contributed by atoms with Crippen molar-refractivity contribution in [3.63, 3.8) is 0 Å². The number of nitrogens with one attached hydrogen (secondary N) is 1. The molecule has 0 aliphatic heterocycles. The van der Waals surface area contributed by atoms with Crippen molar-refractivity contribution in [2.75, 3.05) is 0 Å². The van der Waals surface area contributed by atoms with Crippen LogP contribution in [0.25, 0.3) is 11.0 Å². The first-order valence-corrected chi connectivity index (χ1v) is 8.51. The number of esters is 1. The number of rotatable bonds is 4. The molecular weight excluding hydrogens is 346 g/mol. The summed E-state index contributed by atoms with van der Waals surface area (Å²) in [6, 6.07) is 13.1. The summed E-state index contributed by atoms with van der Waals surface area (Å²) in [4.78, 5) is 36.5. The zero-order valence-corrected chi connectivity index (χ0v) is 15.2. The molecule has 0 radical (unpaired) electrons. The van der Waals surface area contributed by atoms with E-state index in [1.165, 1.54) is 12.1 Å². The topological polar surface area (TPSA) is 85.6 Å². The van der Waals surface area contributed by atoms with Crippen LogP contribution in [0.4, 0.5) is 0 Å². The summed E-state index contributed by atoms with van der Waals surface area (Å²) in [6.07, 6.45) is 0. The number of carbonyl (C=O) groups excluding carboxylic acids is 2. The lowest BCUT2D eigenvalue weighted by Crippen LogP contribution is -2.33. The first-order valence-electron chi connectivity index (χ1n) is 8.51. The van der Waals surface area contributed by atoms with Gasteiger partial charge in [0.15, 0.2) is 0 Å². The van der Waals surface area contributed by atoms with Gasteiger partial charge in [0.2, 0.25) is 0 Å². The predicted molar refractivity (Wildman–Crippen MR) is 101 cm³/mol. The predicted octanol–water partition coefficient (Wildman–Crippen LogP) is 3.46. The zero-order valence-electron chi connectivity index (χ0n) is 15.2. The third-order valence-electron chi connectivity index (χ3n) is 3.95. The lowest BCUT2D eigenvalue weighted by Gasteiger charge is -2.09. The molecule has 1 N–H and O–H groups in total. The summed E-state index contributed by atoms with van der Waals surface area (Å²) in [7, 11) is 0. The van der Waals surface area contributed by atoms with E-state index in [1.54, 1.807) is 38.1 Å².